The van der Waals surface area contributed by atoms with Crippen LogP contribution in [-0.2, 0) is 0 Å². The van der Waals surface area contributed by atoms with Gasteiger partial charge in [0.15, 0.2) is 0 Å². The standard InChI is InChI=1S/C20H19NO3S/c1-12(2)13-7-9-14(10-8-13)21-25-18-11-17(20(23)24)19(22)16-6-4-3-5-15(16)18/h3-12,21-22H,1-2H3,(H,23,24). The normalized spacial score (nSPS) is 11.0. The van der Waals surface area contributed by atoms with Crippen molar-refractivity contribution in [2.24, 2.45) is 0 Å². The van der Waals surface area contributed by atoms with Crippen LogP contribution in [0.25, 0.3) is 10.8 Å². The van der Waals surface area contributed by atoms with Crippen LogP contribution in [0.1, 0.15) is 35.7 Å². The second-order valence-corrected chi connectivity index (χ2v) is 6.95. The minimum absolute atomic E-state index is 0.0989. The van der Waals surface area contributed by atoms with Gasteiger partial charge in [0.05, 0.1) is 0 Å². The first kappa shape index (κ1) is 17.2. The molecule has 0 saturated heterocycles. The highest BCUT2D eigenvalue weighted by molar-refractivity contribution is 8.00. The van der Waals surface area contributed by atoms with Gasteiger partial charge >= 0.3 is 5.97 Å². The van der Waals surface area contributed by atoms with Crippen molar-refractivity contribution in [2.75, 3.05) is 4.72 Å². The van der Waals surface area contributed by atoms with Crippen LogP contribution in [0.5, 0.6) is 5.75 Å². The molecule has 25 heavy (non-hydrogen) atoms. The minimum Gasteiger partial charge on any atom is -0.506 e. The summed E-state index contributed by atoms with van der Waals surface area (Å²) in [7, 11) is 0. The van der Waals surface area contributed by atoms with Crippen molar-refractivity contribution < 1.29 is 15.0 Å². The Kier molecular flexibility index (Phi) is 4.86. The molecule has 0 atom stereocenters. The molecule has 0 radical (unpaired) electrons. The number of hydrogen-bond donors (Lipinski definition) is 3. The van der Waals surface area contributed by atoms with E-state index in [9.17, 15) is 15.0 Å². The fourth-order valence-electron chi connectivity index (χ4n) is 2.62. The van der Waals surface area contributed by atoms with E-state index in [2.05, 4.69) is 30.7 Å². The lowest BCUT2D eigenvalue weighted by Crippen LogP contribution is -1.99. The third-order valence-corrected chi connectivity index (χ3v) is 4.96. The third kappa shape index (κ3) is 3.56. The molecule has 0 aliphatic carbocycles. The van der Waals surface area contributed by atoms with Crippen molar-refractivity contribution in [1.29, 1.82) is 0 Å². The van der Waals surface area contributed by atoms with Gasteiger partial charge in [0.1, 0.15) is 11.3 Å². The quantitative estimate of drug-likeness (QED) is 0.529. The number of benzene rings is 3. The molecule has 0 aliphatic rings. The summed E-state index contributed by atoms with van der Waals surface area (Å²) in [5, 5.41) is 20.9. The van der Waals surface area contributed by atoms with Gasteiger partial charge in [-0.2, -0.15) is 0 Å². The predicted molar refractivity (Wildman–Crippen MR) is 103 cm³/mol. The summed E-state index contributed by atoms with van der Waals surface area (Å²) < 4.78 is 3.25. The van der Waals surface area contributed by atoms with Crippen molar-refractivity contribution in [3.05, 3.63) is 65.7 Å². The van der Waals surface area contributed by atoms with E-state index in [0.29, 0.717) is 11.3 Å². The average molecular weight is 353 g/mol. The largest absolute Gasteiger partial charge is 0.506 e. The molecule has 4 nitrogen and oxygen atoms in total. The van der Waals surface area contributed by atoms with E-state index in [1.807, 2.05) is 24.3 Å². The Morgan fingerprint density at radius 1 is 1.04 bits per heavy atom. The summed E-state index contributed by atoms with van der Waals surface area (Å²) in [6, 6.07) is 16.9. The highest BCUT2D eigenvalue weighted by Gasteiger charge is 2.16. The molecule has 0 saturated carbocycles. The van der Waals surface area contributed by atoms with Crippen LogP contribution in [0.15, 0.2) is 59.5 Å². The van der Waals surface area contributed by atoms with Gasteiger partial charge in [-0.05, 0) is 41.6 Å². The molecular weight excluding hydrogens is 334 g/mol. The maximum Gasteiger partial charge on any atom is 0.339 e. The fourth-order valence-corrected chi connectivity index (χ4v) is 3.45. The Morgan fingerprint density at radius 2 is 1.68 bits per heavy atom. The zero-order valence-corrected chi connectivity index (χ0v) is 14.8. The average Bonchev–Trinajstić information content (AvgIpc) is 2.61. The molecule has 128 valence electrons. The summed E-state index contributed by atoms with van der Waals surface area (Å²) in [5.74, 6) is -0.874. The lowest BCUT2D eigenvalue weighted by atomic mass is 10.0. The molecule has 5 heteroatoms. The number of nitrogens with one attached hydrogen (secondary N) is 1. The molecule has 3 aromatic rings. The number of aromatic hydroxyl groups is 1. The Labute approximate surface area is 150 Å². The van der Waals surface area contributed by atoms with E-state index in [4.69, 9.17) is 0 Å². The van der Waals surface area contributed by atoms with Gasteiger partial charge in [-0.3, -0.25) is 0 Å². The first-order valence-corrected chi connectivity index (χ1v) is 8.80. The first-order chi connectivity index (χ1) is 12.0. The highest BCUT2D eigenvalue weighted by Crippen LogP contribution is 2.37. The number of carboxylic acids is 1. The van der Waals surface area contributed by atoms with E-state index in [1.54, 1.807) is 12.1 Å². The van der Waals surface area contributed by atoms with E-state index < -0.39 is 5.97 Å². The fraction of sp³-hybridized carbons (Fsp3) is 0.150. The third-order valence-electron chi connectivity index (χ3n) is 4.06. The molecule has 0 bridgehead atoms. The van der Waals surface area contributed by atoms with Gasteiger partial charge in [-0.15, -0.1) is 0 Å². The molecule has 3 N–H and O–H groups in total. The smallest absolute Gasteiger partial charge is 0.339 e. The maximum absolute atomic E-state index is 11.4. The van der Waals surface area contributed by atoms with Gasteiger partial charge in [-0.1, -0.05) is 50.2 Å². The number of carbonyl (C=O) groups is 1. The zero-order chi connectivity index (χ0) is 18.0. The van der Waals surface area contributed by atoms with Crippen molar-refractivity contribution in [3.8, 4) is 5.75 Å². The summed E-state index contributed by atoms with van der Waals surface area (Å²) in [4.78, 5) is 12.2. The number of rotatable bonds is 5. The molecule has 0 fully saturated rings. The predicted octanol–water partition coefficient (Wildman–Crippen LogP) is 5.49. The number of fused-ring (bicyclic) bond motifs is 1. The van der Waals surface area contributed by atoms with Crippen LogP contribution in [0.2, 0.25) is 0 Å². The van der Waals surface area contributed by atoms with Gasteiger partial charge in [0.25, 0.3) is 0 Å². The number of aromatic carboxylic acids is 1. The van der Waals surface area contributed by atoms with Gasteiger partial charge in [-0.25, -0.2) is 4.79 Å². The second kappa shape index (κ2) is 7.07. The number of carboxylic acid groups (broad SMARTS) is 1. The Bertz CT molecular complexity index is 920. The molecule has 0 heterocycles. The zero-order valence-electron chi connectivity index (χ0n) is 14.0. The summed E-state index contributed by atoms with van der Waals surface area (Å²) in [5.41, 5.74) is 2.10. The summed E-state index contributed by atoms with van der Waals surface area (Å²) in [6.07, 6.45) is 0. The van der Waals surface area contributed by atoms with Crippen LogP contribution < -0.4 is 4.72 Å². The van der Waals surface area contributed by atoms with E-state index in [1.165, 1.54) is 23.6 Å². The lowest BCUT2D eigenvalue weighted by molar-refractivity contribution is 0.0694. The van der Waals surface area contributed by atoms with E-state index in [0.717, 1.165) is 16.0 Å². The van der Waals surface area contributed by atoms with Crippen LogP contribution in [0.4, 0.5) is 5.69 Å². The van der Waals surface area contributed by atoms with Crippen molar-refractivity contribution in [3.63, 3.8) is 0 Å². The maximum atomic E-state index is 11.4. The lowest BCUT2D eigenvalue weighted by Gasteiger charge is -2.12. The Balaban J connectivity index is 1.93. The topological polar surface area (TPSA) is 69.6 Å². The monoisotopic (exact) mass is 353 g/mol. The van der Waals surface area contributed by atoms with E-state index in [-0.39, 0.29) is 11.3 Å². The number of hydrogen-bond acceptors (Lipinski definition) is 4. The van der Waals surface area contributed by atoms with Crippen molar-refractivity contribution in [1.82, 2.24) is 0 Å². The molecule has 3 aromatic carbocycles. The van der Waals surface area contributed by atoms with Crippen molar-refractivity contribution >= 4 is 34.4 Å². The SMILES string of the molecule is CC(C)c1ccc(NSc2cc(C(=O)O)c(O)c3ccccc23)cc1. The molecule has 3 rings (SSSR count). The Morgan fingerprint density at radius 3 is 2.28 bits per heavy atom. The number of anilines is 1. The minimum atomic E-state index is -1.15. The highest BCUT2D eigenvalue weighted by atomic mass is 32.2. The first-order valence-electron chi connectivity index (χ1n) is 7.98. The molecule has 0 amide bonds. The van der Waals surface area contributed by atoms with Crippen LogP contribution in [0, 0.1) is 0 Å². The summed E-state index contributed by atoms with van der Waals surface area (Å²) >= 11 is 1.33. The second-order valence-electron chi connectivity index (χ2n) is 6.10. The van der Waals surface area contributed by atoms with Gasteiger partial charge in [0, 0.05) is 21.4 Å². The van der Waals surface area contributed by atoms with Crippen LogP contribution in [0.3, 0.4) is 0 Å². The van der Waals surface area contributed by atoms with E-state index >= 15 is 0 Å². The molecule has 0 unspecified atom stereocenters. The molecule has 0 aromatic heterocycles. The van der Waals surface area contributed by atoms with Crippen molar-refractivity contribution in [2.45, 2.75) is 24.7 Å². The Hall–Kier alpha value is -2.66. The van der Waals surface area contributed by atoms with Crippen LogP contribution in [-0.4, -0.2) is 16.2 Å². The molecule has 0 spiro atoms. The van der Waals surface area contributed by atoms with Crippen LogP contribution >= 0.6 is 11.9 Å². The molecule has 0 aliphatic heterocycles. The molecular formula is C20H19NO3S. The van der Waals surface area contributed by atoms with Gasteiger partial charge in [0.2, 0.25) is 0 Å². The van der Waals surface area contributed by atoms with Gasteiger partial charge < -0.3 is 14.9 Å². The summed E-state index contributed by atoms with van der Waals surface area (Å²) in [6.45, 7) is 4.29. The number of phenols is 1.